The predicted octanol–water partition coefficient (Wildman–Crippen LogP) is -1.25. The molecule has 4 N–H and O–H groups in total. The van der Waals surface area contributed by atoms with Crippen LogP contribution in [-0.4, -0.2) is 43.9 Å². The summed E-state index contributed by atoms with van der Waals surface area (Å²) in [6.07, 6.45) is -2.29. The van der Waals surface area contributed by atoms with Gasteiger partial charge in [-0.25, -0.2) is 4.79 Å². The van der Waals surface area contributed by atoms with Crippen LogP contribution in [0, 0.1) is 29.2 Å². The van der Waals surface area contributed by atoms with Crippen molar-refractivity contribution < 1.29 is 64.0 Å². The number of carbonyl (C=O) groups is 3. The third kappa shape index (κ3) is 5.17. The molecule has 0 fully saturated rings. The summed E-state index contributed by atoms with van der Waals surface area (Å²) in [4.78, 5) is 30.5. The quantitative estimate of drug-likeness (QED) is 0.428. The zero-order chi connectivity index (χ0) is 10.6. The molecule has 0 unspecified atom stereocenters. The van der Waals surface area contributed by atoms with Crippen LogP contribution in [0.4, 0.5) is 0 Å². The summed E-state index contributed by atoms with van der Waals surface area (Å²) in [5.74, 6) is -5.02. The molecule has 0 aromatic carbocycles. The smallest absolute Gasteiger partial charge is 0.336 e. The number of hydrogen-bond acceptors (Lipinski definition) is 4. The van der Waals surface area contributed by atoms with Crippen molar-refractivity contribution in [3.8, 4) is 0 Å². The van der Waals surface area contributed by atoms with Gasteiger partial charge in [-0.2, -0.15) is 0 Å². The molecule has 8 heteroatoms. The van der Waals surface area contributed by atoms with Crippen molar-refractivity contribution in [2.75, 3.05) is 0 Å². The first-order valence-corrected chi connectivity index (χ1v) is 3.17. The fraction of sp³-hybridized carbons (Fsp3) is 0.500. The Bertz CT molecular complexity index is 233. The number of aliphatic carboxylic acids is 3. The first kappa shape index (κ1) is 15.8. The average Bonchev–Trinajstić information content (AvgIpc) is 1.82. The standard InChI is InChI=1S/C6H8O7.Pu/c7-3(8)1-6(13,5(11)12)2-4(9)10;/h13H,1-2H2,(H,7,8)(H,9,10)(H,11,12);/i;1-5. The molecule has 0 saturated carbocycles. The van der Waals surface area contributed by atoms with E-state index in [4.69, 9.17) is 20.4 Å². The van der Waals surface area contributed by atoms with Crippen molar-refractivity contribution in [2.24, 2.45) is 0 Å². The molecule has 0 bridgehead atoms. The van der Waals surface area contributed by atoms with E-state index in [9.17, 15) is 14.4 Å². The molecule has 0 saturated heterocycles. The number of carboxylic acid groups (broad SMARTS) is 3. The van der Waals surface area contributed by atoms with Gasteiger partial charge in [0.2, 0.25) is 0 Å². The van der Waals surface area contributed by atoms with Crippen molar-refractivity contribution in [1.29, 1.82) is 0 Å². The van der Waals surface area contributed by atoms with E-state index in [0.29, 0.717) is 0 Å². The molecule has 0 radical (unpaired) electrons. The van der Waals surface area contributed by atoms with E-state index in [1.54, 1.807) is 0 Å². The van der Waals surface area contributed by atoms with E-state index in [1.807, 2.05) is 0 Å². The average molecular weight is 431 g/mol. The molecule has 0 spiro atoms. The van der Waals surface area contributed by atoms with Gasteiger partial charge in [-0.15, -0.1) is 0 Å². The zero-order valence-electron chi connectivity index (χ0n) is 6.84. The van der Waals surface area contributed by atoms with E-state index in [1.165, 1.54) is 0 Å². The second-order valence-corrected chi connectivity index (χ2v) is 2.48. The summed E-state index contributed by atoms with van der Waals surface area (Å²) < 4.78 is 0. The Hall–Kier alpha value is -0.643. The number of aliphatic hydroxyl groups is 1. The fourth-order valence-corrected chi connectivity index (χ4v) is 0.714. The van der Waals surface area contributed by atoms with Crippen LogP contribution < -0.4 is 0 Å². The second-order valence-electron chi connectivity index (χ2n) is 2.48. The maximum absolute atomic E-state index is 10.3. The van der Waals surface area contributed by atoms with Gasteiger partial charge in [0.05, 0.1) is 12.8 Å². The number of hydrogen-bond donors (Lipinski definition) is 4. The molecule has 0 aromatic heterocycles. The maximum atomic E-state index is 10.3. The summed E-state index contributed by atoms with van der Waals surface area (Å²) in [7, 11) is 0. The van der Waals surface area contributed by atoms with Crippen LogP contribution in [0.25, 0.3) is 0 Å². The summed E-state index contributed by atoms with van der Waals surface area (Å²) in [5, 5.41) is 33.8. The predicted molar refractivity (Wildman–Crippen MR) is 37.1 cm³/mol. The minimum atomic E-state index is -2.74. The van der Waals surface area contributed by atoms with Gasteiger partial charge >= 0.3 is 17.9 Å². The van der Waals surface area contributed by atoms with Gasteiger partial charge in [-0.05, 0) is 0 Å². The summed E-state index contributed by atoms with van der Waals surface area (Å²) in [6.45, 7) is 0. The zero-order valence-corrected chi connectivity index (χ0v) is 10.2. The molecular weight excluding hydrogens is 423 g/mol. The van der Waals surface area contributed by atoms with Gasteiger partial charge in [0, 0.05) is 29.2 Å². The molecule has 0 aromatic rings. The molecule has 7 nitrogen and oxygen atoms in total. The van der Waals surface area contributed by atoms with Crippen molar-refractivity contribution >= 4 is 17.9 Å². The van der Waals surface area contributed by atoms with Crippen LogP contribution in [0.3, 0.4) is 0 Å². The maximum Gasteiger partial charge on any atom is 0.336 e. The first-order chi connectivity index (χ1) is 5.78. The van der Waals surface area contributed by atoms with Gasteiger partial charge in [-0.3, -0.25) is 9.59 Å². The molecule has 0 rings (SSSR count). The van der Waals surface area contributed by atoms with Crippen LogP contribution in [0.2, 0.25) is 0 Å². The van der Waals surface area contributed by atoms with Crippen molar-refractivity contribution in [3.63, 3.8) is 0 Å². The minimum Gasteiger partial charge on any atom is -0.481 e. The summed E-state index contributed by atoms with van der Waals surface area (Å²) in [6, 6.07) is 0. The van der Waals surface area contributed by atoms with Crippen molar-refractivity contribution in [3.05, 3.63) is 0 Å². The largest absolute Gasteiger partial charge is 0.481 e. The molecule has 0 aliphatic rings. The molecule has 80 valence electrons. The fourth-order valence-electron chi connectivity index (χ4n) is 0.714. The molecular formula is C6H8O7Pu. The minimum absolute atomic E-state index is 0. The van der Waals surface area contributed by atoms with Crippen LogP contribution in [0.15, 0.2) is 0 Å². The molecule has 0 atom stereocenters. The van der Waals surface area contributed by atoms with Crippen molar-refractivity contribution in [1.82, 2.24) is 0 Å². The molecule has 0 amide bonds. The van der Waals surface area contributed by atoms with Crippen LogP contribution >= 0.6 is 0 Å². The Morgan fingerprint density at radius 3 is 1.36 bits per heavy atom. The van der Waals surface area contributed by atoms with Crippen molar-refractivity contribution in [2.45, 2.75) is 18.4 Å². The van der Waals surface area contributed by atoms with E-state index < -0.39 is 36.4 Å². The van der Waals surface area contributed by atoms with Gasteiger partial charge in [0.1, 0.15) is 0 Å². The first-order valence-electron chi connectivity index (χ1n) is 3.17. The third-order valence-corrected chi connectivity index (χ3v) is 1.29. The van der Waals surface area contributed by atoms with Gasteiger partial charge in [-0.1, -0.05) is 0 Å². The Labute approximate surface area is 100 Å². The molecule has 0 aliphatic carbocycles. The van der Waals surface area contributed by atoms with Crippen LogP contribution in [0.5, 0.6) is 0 Å². The summed E-state index contributed by atoms with van der Waals surface area (Å²) >= 11 is 0. The monoisotopic (exact) mass is 431 g/mol. The molecule has 0 heterocycles. The Morgan fingerprint density at radius 2 is 1.21 bits per heavy atom. The van der Waals surface area contributed by atoms with E-state index in [0.717, 1.165) is 0 Å². The summed E-state index contributed by atoms with van der Waals surface area (Å²) in [5.41, 5.74) is -2.74. The Kier molecular flexibility index (Phi) is 6.73. The molecule has 0 aliphatic heterocycles. The van der Waals surface area contributed by atoms with E-state index in [2.05, 4.69) is 0 Å². The van der Waals surface area contributed by atoms with Gasteiger partial charge in [0.25, 0.3) is 0 Å². The normalized spacial score (nSPS) is 10.1. The Morgan fingerprint density at radius 1 is 0.929 bits per heavy atom. The van der Waals surface area contributed by atoms with Gasteiger partial charge < -0.3 is 20.4 Å². The van der Waals surface area contributed by atoms with E-state index in [-0.39, 0.29) is 29.2 Å². The number of rotatable bonds is 5. The third-order valence-electron chi connectivity index (χ3n) is 1.29. The van der Waals surface area contributed by atoms with Gasteiger partial charge in [0.15, 0.2) is 5.60 Å². The Balaban J connectivity index is 0. The second kappa shape index (κ2) is 5.96. The van der Waals surface area contributed by atoms with Crippen LogP contribution in [-0.2, 0) is 14.4 Å². The topological polar surface area (TPSA) is 132 Å². The number of carboxylic acids is 3. The van der Waals surface area contributed by atoms with Crippen LogP contribution in [0.1, 0.15) is 12.8 Å². The van der Waals surface area contributed by atoms with E-state index >= 15 is 0 Å². The molecule has 14 heavy (non-hydrogen) atoms. The SMILES string of the molecule is O=C(O)CC(O)(CC(=O)O)C(=O)O.[239Pu].